The molecule has 16 heavy (non-hydrogen) atoms. The number of hydrogen-bond acceptors (Lipinski definition) is 2. The molecule has 1 atom stereocenters. The van der Waals surface area contributed by atoms with Gasteiger partial charge in [0, 0.05) is 17.6 Å². The number of hydrogen-bond donors (Lipinski definition) is 1. The van der Waals surface area contributed by atoms with Crippen molar-refractivity contribution in [1.82, 2.24) is 0 Å². The molecule has 1 fully saturated rings. The van der Waals surface area contributed by atoms with Crippen molar-refractivity contribution in [1.29, 1.82) is 0 Å². The third kappa shape index (κ3) is 3.58. The summed E-state index contributed by atoms with van der Waals surface area (Å²) in [6.07, 6.45) is 3.99. The summed E-state index contributed by atoms with van der Waals surface area (Å²) in [5, 5.41) is 0. The van der Waals surface area contributed by atoms with E-state index in [4.69, 9.17) is 10.5 Å². The molecule has 0 aliphatic heterocycles. The van der Waals surface area contributed by atoms with Gasteiger partial charge in [-0.3, -0.25) is 0 Å². The van der Waals surface area contributed by atoms with E-state index in [-0.39, 0.29) is 6.10 Å². The van der Waals surface area contributed by atoms with E-state index in [0.29, 0.717) is 6.54 Å². The molecule has 0 saturated heterocycles. The molecule has 0 spiro atoms. The molecule has 1 aliphatic rings. The third-order valence-corrected chi connectivity index (χ3v) is 3.47. The van der Waals surface area contributed by atoms with E-state index in [1.807, 2.05) is 12.1 Å². The third-order valence-electron chi connectivity index (χ3n) is 2.98. The lowest BCUT2D eigenvalue weighted by atomic mass is 10.1. The lowest BCUT2D eigenvalue weighted by Crippen LogP contribution is -2.16. The Morgan fingerprint density at radius 1 is 1.44 bits per heavy atom. The highest BCUT2D eigenvalue weighted by molar-refractivity contribution is 9.10. The maximum Gasteiger partial charge on any atom is 0.0947 e. The van der Waals surface area contributed by atoms with Crippen LogP contribution in [0, 0.1) is 5.92 Å². The monoisotopic (exact) mass is 283 g/mol. The van der Waals surface area contributed by atoms with Crippen LogP contribution < -0.4 is 5.73 Å². The summed E-state index contributed by atoms with van der Waals surface area (Å²) in [7, 11) is 0. The number of nitrogens with two attached hydrogens (primary N) is 1. The van der Waals surface area contributed by atoms with Gasteiger partial charge >= 0.3 is 0 Å². The summed E-state index contributed by atoms with van der Waals surface area (Å²) in [6.45, 7) is 1.38. The largest absolute Gasteiger partial charge is 0.372 e. The van der Waals surface area contributed by atoms with Crippen LogP contribution in [0.25, 0.3) is 0 Å². The Labute approximate surface area is 105 Å². The zero-order chi connectivity index (χ0) is 11.4. The molecule has 1 aromatic carbocycles. The van der Waals surface area contributed by atoms with Crippen LogP contribution in [0.5, 0.6) is 0 Å². The van der Waals surface area contributed by atoms with Crippen molar-refractivity contribution in [3.8, 4) is 0 Å². The molecule has 1 unspecified atom stereocenters. The van der Waals surface area contributed by atoms with Crippen LogP contribution in [-0.4, -0.2) is 13.2 Å². The Bertz CT molecular complexity index is 338. The van der Waals surface area contributed by atoms with E-state index < -0.39 is 0 Å². The van der Waals surface area contributed by atoms with Crippen LogP contribution in [0.3, 0.4) is 0 Å². The smallest absolute Gasteiger partial charge is 0.0947 e. The van der Waals surface area contributed by atoms with Crippen molar-refractivity contribution in [2.45, 2.75) is 25.4 Å². The van der Waals surface area contributed by atoms with Crippen molar-refractivity contribution in [3.05, 3.63) is 34.3 Å². The van der Waals surface area contributed by atoms with E-state index in [1.54, 1.807) is 0 Å². The van der Waals surface area contributed by atoms with Crippen molar-refractivity contribution in [2.24, 2.45) is 11.7 Å². The molecule has 0 bridgehead atoms. The Morgan fingerprint density at radius 2 is 2.25 bits per heavy atom. The first kappa shape index (κ1) is 12.1. The molecule has 1 aliphatic carbocycles. The highest BCUT2D eigenvalue weighted by Crippen LogP contribution is 2.32. The average Bonchev–Trinajstić information content (AvgIpc) is 3.08. The summed E-state index contributed by atoms with van der Waals surface area (Å²) in [5.74, 6) is 0.918. The van der Waals surface area contributed by atoms with E-state index >= 15 is 0 Å². The minimum Gasteiger partial charge on any atom is -0.372 e. The second kappa shape index (κ2) is 5.80. The van der Waals surface area contributed by atoms with Gasteiger partial charge in [0.15, 0.2) is 0 Å². The lowest BCUT2D eigenvalue weighted by Gasteiger charge is -2.16. The van der Waals surface area contributed by atoms with Crippen molar-refractivity contribution < 1.29 is 4.74 Å². The molecular weight excluding hydrogens is 266 g/mol. The summed E-state index contributed by atoms with van der Waals surface area (Å²) in [4.78, 5) is 0. The topological polar surface area (TPSA) is 35.2 Å². The Morgan fingerprint density at radius 3 is 2.88 bits per heavy atom. The molecule has 0 aromatic heterocycles. The number of halogens is 1. The van der Waals surface area contributed by atoms with Gasteiger partial charge in [-0.25, -0.2) is 0 Å². The van der Waals surface area contributed by atoms with Gasteiger partial charge in [-0.15, -0.1) is 0 Å². The predicted molar refractivity (Wildman–Crippen MR) is 69.2 cm³/mol. The number of benzene rings is 1. The molecule has 1 aromatic rings. The van der Waals surface area contributed by atoms with Crippen LogP contribution in [0.1, 0.15) is 30.9 Å². The highest BCUT2D eigenvalue weighted by atomic mass is 79.9. The molecule has 0 radical (unpaired) electrons. The maximum absolute atomic E-state index is 5.84. The standard InChI is InChI=1S/C13H18BrNO/c14-12-3-1-2-11(8-12)13(9-15)16-7-6-10-4-5-10/h1-3,8,10,13H,4-7,9,15H2. The quantitative estimate of drug-likeness (QED) is 0.870. The molecular formula is C13H18BrNO. The normalized spacial score (nSPS) is 17.4. The zero-order valence-electron chi connectivity index (χ0n) is 9.36. The summed E-state index contributed by atoms with van der Waals surface area (Å²) in [5.41, 5.74) is 6.91. The fraction of sp³-hybridized carbons (Fsp3) is 0.538. The summed E-state index contributed by atoms with van der Waals surface area (Å²) < 4.78 is 6.92. The summed E-state index contributed by atoms with van der Waals surface area (Å²) >= 11 is 3.46. The van der Waals surface area contributed by atoms with E-state index in [1.165, 1.54) is 19.3 Å². The minimum atomic E-state index is 0.0382. The number of rotatable bonds is 6. The van der Waals surface area contributed by atoms with Gasteiger partial charge in [0.2, 0.25) is 0 Å². The van der Waals surface area contributed by atoms with Gasteiger partial charge in [0.05, 0.1) is 6.10 Å². The Balaban J connectivity index is 1.87. The fourth-order valence-corrected chi connectivity index (χ4v) is 2.21. The lowest BCUT2D eigenvalue weighted by molar-refractivity contribution is 0.0545. The Kier molecular flexibility index (Phi) is 4.38. The molecule has 3 heteroatoms. The Hall–Kier alpha value is -0.380. The van der Waals surface area contributed by atoms with Crippen molar-refractivity contribution >= 4 is 15.9 Å². The van der Waals surface area contributed by atoms with Gasteiger partial charge in [-0.2, -0.15) is 0 Å². The van der Waals surface area contributed by atoms with Crippen LogP contribution in [-0.2, 0) is 4.74 Å². The van der Waals surface area contributed by atoms with Crippen LogP contribution in [0.2, 0.25) is 0 Å². The van der Waals surface area contributed by atoms with E-state index in [0.717, 1.165) is 22.6 Å². The van der Waals surface area contributed by atoms with E-state index in [9.17, 15) is 0 Å². The van der Waals surface area contributed by atoms with Gasteiger partial charge in [0.25, 0.3) is 0 Å². The van der Waals surface area contributed by atoms with Crippen LogP contribution in [0.15, 0.2) is 28.7 Å². The maximum atomic E-state index is 5.84. The van der Waals surface area contributed by atoms with Crippen LogP contribution >= 0.6 is 15.9 Å². The molecule has 88 valence electrons. The zero-order valence-corrected chi connectivity index (χ0v) is 10.9. The highest BCUT2D eigenvalue weighted by Gasteiger charge is 2.21. The first-order chi connectivity index (χ1) is 7.79. The molecule has 2 rings (SSSR count). The van der Waals surface area contributed by atoms with Gasteiger partial charge in [-0.05, 0) is 30.0 Å². The number of ether oxygens (including phenoxy) is 1. The molecule has 0 amide bonds. The molecule has 2 N–H and O–H groups in total. The van der Waals surface area contributed by atoms with Crippen molar-refractivity contribution in [3.63, 3.8) is 0 Å². The fourth-order valence-electron chi connectivity index (χ4n) is 1.79. The SMILES string of the molecule is NCC(OCCC1CC1)c1cccc(Br)c1. The molecule has 0 heterocycles. The van der Waals surface area contributed by atoms with Crippen molar-refractivity contribution in [2.75, 3.05) is 13.2 Å². The van der Waals surface area contributed by atoms with Gasteiger partial charge in [0.1, 0.15) is 0 Å². The first-order valence-electron chi connectivity index (χ1n) is 5.86. The van der Waals surface area contributed by atoms with Gasteiger partial charge < -0.3 is 10.5 Å². The first-order valence-corrected chi connectivity index (χ1v) is 6.66. The molecule has 1 saturated carbocycles. The van der Waals surface area contributed by atoms with Crippen LogP contribution in [0.4, 0.5) is 0 Å². The van der Waals surface area contributed by atoms with E-state index in [2.05, 4.69) is 28.1 Å². The second-order valence-electron chi connectivity index (χ2n) is 4.38. The second-order valence-corrected chi connectivity index (χ2v) is 5.30. The average molecular weight is 284 g/mol. The predicted octanol–water partition coefficient (Wildman–Crippen LogP) is 3.27. The minimum absolute atomic E-state index is 0.0382. The summed E-state index contributed by atoms with van der Waals surface area (Å²) in [6, 6.07) is 8.18. The van der Waals surface area contributed by atoms with Gasteiger partial charge in [-0.1, -0.05) is 40.9 Å². The molecule has 2 nitrogen and oxygen atoms in total.